The maximum atomic E-state index is 13.2. The van der Waals surface area contributed by atoms with E-state index in [0.29, 0.717) is 17.1 Å². The molecule has 1 aliphatic heterocycles. The standard InChI is InChI=1S/C26H22ClN3O/c27-21-9-5-6-18(14-21)16-28-26(31)23-15-25(29-24-11-4-3-10-22(23)24)30-13-12-19-7-1-2-8-20(19)17-30/h1-11,14-15H,12-13,16-17H2,(H,28,31). The van der Waals surface area contributed by atoms with Crippen LogP contribution in [-0.4, -0.2) is 17.4 Å². The summed E-state index contributed by atoms with van der Waals surface area (Å²) in [6, 6.07) is 25.8. The third-order valence-electron chi connectivity index (χ3n) is 5.74. The molecule has 1 aromatic heterocycles. The van der Waals surface area contributed by atoms with E-state index < -0.39 is 0 Å². The Balaban J connectivity index is 1.46. The molecule has 0 fully saturated rings. The van der Waals surface area contributed by atoms with Crippen molar-refractivity contribution >= 4 is 34.2 Å². The highest BCUT2D eigenvalue weighted by Gasteiger charge is 2.20. The molecule has 0 saturated carbocycles. The van der Waals surface area contributed by atoms with Gasteiger partial charge >= 0.3 is 0 Å². The maximum absolute atomic E-state index is 13.2. The predicted molar refractivity (Wildman–Crippen MR) is 126 cm³/mol. The van der Waals surface area contributed by atoms with E-state index in [9.17, 15) is 4.79 Å². The molecule has 4 nitrogen and oxygen atoms in total. The molecule has 0 radical (unpaired) electrons. The Kier molecular flexibility index (Phi) is 5.31. The minimum absolute atomic E-state index is 0.114. The second-order valence-electron chi connectivity index (χ2n) is 7.80. The van der Waals surface area contributed by atoms with E-state index in [2.05, 4.69) is 34.5 Å². The molecular weight excluding hydrogens is 406 g/mol. The summed E-state index contributed by atoms with van der Waals surface area (Å²) >= 11 is 6.07. The van der Waals surface area contributed by atoms with Gasteiger partial charge in [0.25, 0.3) is 5.91 Å². The highest BCUT2D eigenvalue weighted by Crippen LogP contribution is 2.27. The lowest BCUT2D eigenvalue weighted by atomic mass is 9.99. The number of hydrogen-bond donors (Lipinski definition) is 1. The number of para-hydroxylation sites is 1. The normalized spacial score (nSPS) is 13.1. The molecule has 1 amide bonds. The zero-order valence-corrected chi connectivity index (χ0v) is 17.8. The number of amides is 1. The van der Waals surface area contributed by atoms with Crippen molar-refractivity contribution in [3.05, 3.63) is 106 Å². The average Bonchev–Trinajstić information content (AvgIpc) is 2.81. The monoisotopic (exact) mass is 427 g/mol. The molecule has 0 atom stereocenters. The minimum Gasteiger partial charge on any atom is -0.352 e. The lowest BCUT2D eigenvalue weighted by molar-refractivity contribution is 0.0952. The van der Waals surface area contributed by atoms with Crippen molar-refractivity contribution in [2.24, 2.45) is 0 Å². The Hall–Kier alpha value is -3.37. The molecular formula is C26H22ClN3O. The van der Waals surface area contributed by atoms with Gasteiger partial charge in [0.05, 0.1) is 11.1 Å². The molecule has 1 N–H and O–H groups in total. The van der Waals surface area contributed by atoms with Gasteiger partial charge in [0.1, 0.15) is 5.82 Å². The molecule has 154 valence electrons. The summed E-state index contributed by atoms with van der Waals surface area (Å²) in [6.07, 6.45) is 0.973. The van der Waals surface area contributed by atoms with Crippen LogP contribution in [0.1, 0.15) is 27.0 Å². The van der Waals surface area contributed by atoms with Crippen LogP contribution in [0.15, 0.2) is 78.9 Å². The number of rotatable bonds is 4. The SMILES string of the molecule is O=C(NCc1cccc(Cl)c1)c1cc(N2CCc3ccccc3C2)nc2ccccc12. The van der Waals surface area contributed by atoms with Gasteiger partial charge in [-0.2, -0.15) is 0 Å². The van der Waals surface area contributed by atoms with E-state index >= 15 is 0 Å². The molecule has 2 heterocycles. The third kappa shape index (κ3) is 4.12. The zero-order valence-electron chi connectivity index (χ0n) is 17.0. The highest BCUT2D eigenvalue weighted by molar-refractivity contribution is 6.30. The molecule has 5 rings (SSSR count). The van der Waals surface area contributed by atoms with Crippen molar-refractivity contribution in [3.63, 3.8) is 0 Å². The average molecular weight is 428 g/mol. The first kappa shape index (κ1) is 19.6. The Morgan fingerprint density at radius 1 is 0.968 bits per heavy atom. The van der Waals surface area contributed by atoms with Crippen LogP contribution in [0.3, 0.4) is 0 Å². The van der Waals surface area contributed by atoms with Gasteiger partial charge in [-0.3, -0.25) is 4.79 Å². The van der Waals surface area contributed by atoms with Gasteiger partial charge in [0.2, 0.25) is 0 Å². The summed E-state index contributed by atoms with van der Waals surface area (Å²) in [6.45, 7) is 2.10. The summed E-state index contributed by atoms with van der Waals surface area (Å²) in [7, 11) is 0. The van der Waals surface area contributed by atoms with Crippen LogP contribution in [-0.2, 0) is 19.5 Å². The fourth-order valence-electron chi connectivity index (χ4n) is 4.13. The molecule has 3 aromatic carbocycles. The summed E-state index contributed by atoms with van der Waals surface area (Å²) in [5, 5.41) is 4.55. The molecule has 0 aliphatic carbocycles. The number of carbonyl (C=O) groups is 1. The molecule has 31 heavy (non-hydrogen) atoms. The Labute approximate surface area is 186 Å². The van der Waals surface area contributed by atoms with E-state index in [1.807, 2.05) is 54.6 Å². The fraction of sp³-hybridized carbons (Fsp3) is 0.154. The number of anilines is 1. The number of nitrogens with one attached hydrogen (secondary N) is 1. The number of pyridine rings is 1. The number of carbonyl (C=O) groups excluding carboxylic acids is 1. The van der Waals surface area contributed by atoms with E-state index in [0.717, 1.165) is 41.8 Å². The van der Waals surface area contributed by atoms with Crippen LogP contribution >= 0.6 is 11.6 Å². The summed E-state index contributed by atoms with van der Waals surface area (Å²) in [5.74, 6) is 0.721. The van der Waals surface area contributed by atoms with Crippen LogP contribution in [0.4, 0.5) is 5.82 Å². The molecule has 4 aromatic rings. The predicted octanol–water partition coefficient (Wildman–Crippen LogP) is 5.38. The van der Waals surface area contributed by atoms with Gasteiger partial charge in [0.15, 0.2) is 0 Å². The number of halogens is 1. The van der Waals surface area contributed by atoms with Gasteiger partial charge in [-0.1, -0.05) is 66.2 Å². The Bertz CT molecular complexity index is 1270. The fourth-order valence-corrected chi connectivity index (χ4v) is 4.34. The van der Waals surface area contributed by atoms with Gasteiger partial charge in [-0.15, -0.1) is 0 Å². The lowest BCUT2D eigenvalue weighted by Crippen LogP contribution is -2.31. The topological polar surface area (TPSA) is 45.2 Å². The summed E-state index contributed by atoms with van der Waals surface area (Å²) in [5.41, 5.74) is 5.13. The largest absolute Gasteiger partial charge is 0.352 e. The van der Waals surface area contributed by atoms with E-state index in [-0.39, 0.29) is 5.91 Å². The zero-order chi connectivity index (χ0) is 21.2. The Morgan fingerprint density at radius 3 is 2.65 bits per heavy atom. The lowest BCUT2D eigenvalue weighted by Gasteiger charge is -2.30. The van der Waals surface area contributed by atoms with Crippen molar-refractivity contribution < 1.29 is 4.79 Å². The van der Waals surface area contributed by atoms with Crippen LogP contribution in [0.25, 0.3) is 10.9 Å². The number of benzene rings is 3. The first-order chi connectivity index (χ1) is 15.2. The van der Waals surface area contributed by atoms with Gasteiger partial charge in [-0.25, -0.2) is 4.98 Å². The number of hydrogen-bond acceptors (Lipinski definition) is 3. The van der Waals surface area contributed by atoms with Crippen molar-refractivity contribution in [1.82, 2.24) is 10.3 Å². The molecule has 1 aliphatic rings. The number of aromatic nitrogens is 1. The van der Waals surface area contributed by atoms with Crippen LogP contribution in [0.2, 0.25) is 5.02 Å². The highest BCUT2D eigenvalue weighted by atomic mass is 35.5. The van der Waals surface area contributed by atoms with E-state index in [1.54, 1.807) is 0 Å². The smallest absolute Gasteiger partial charge is 0.252 e. The second kappa shape index (κ2) is 8.40. The molecule has 0 spiro atoms. The number of fused-ring (bicyclic) bond motifs is 2. The molecule has 0 bridgehead atoms. The quantitative estimate of drug-likeness (QED) is 0.475. The summed E-state index contributed by atoms with van der Waals surface area (Å²) < 4.78 is 0. The molecule has 5 heteroatoms. The summed E-state index contributed by atoms with van der Waals surface area (Å²) in [4.78, 5) is 20.3. The van der Waals surface area contributed by atoms with Gasteiger partial charge < -0.3 is 10.2 Å². The van der Waals surface area contributed by atoms with Crippen LogP contribution < -0.4 is 10.2 Å². The minimum atomic E-state index is -0.114. The van der Waals surface area contributed by atoms with Crippen molar-refractivity contribution in [1.29, 1.82) is 0 Å². The van der Waals surface area contributed by atoms with Crippen LogP contribution in [0.5, 0.6) is 0 Å². The van der Waals surface area contributed by atoms with E-state index in [1.165, 1.54) is 11.1 Å². The molecule has 0 unspecified atom stereocenters. The third-order valence-corrected chi connectivity index (χ3v) is 5.98. The van der Waals surface area contributed by atoms with Gasteiger partial charge in [-0.05, 0) is 47.4 Å². The first-order valence-corrected chi connectivity index (χ1v) is 10.8. The second-order valence-corrected chi connectivity index (χ2v) is 8.23. The Morgan fingerprint density at radius 2 is 1.77 bits per heavy atom. The molecule has 0 saturated heterocycles. The van der Waals surface area contributed by atoms with Crippen LogP contribution in [0, 0.1) is 0 Å². The van der Waals surface area contributed by atoms with Crippen molar-refractivity contribution in [2.45, 2.75) is 19.5 Å². The van der Waals surface area contributed by atoms with Crippen molar-refractivity contribution in [2.75, 3.05) is 11.4 Å². The van der Waals surface area contributed by atoms with E-state index in [4.69, 9.17) is 16.6 Å². The maximum Gasteiger partial charge on any atom is 0.252 e. The number of nitrogens with zero attached hydrogens (tertiary/aromatic N) is 2. The van der Waals surface area contributed by atoms with Crippen molar-refractivity contribution in [3.8, 4) is 0 Å². The van der Waals surface area contributed by atoms with Gasteiger partial charge in [0, 0.05) is 30.0 Å². The first-order valence-electron chi connectivity index (χ1n) is 10.4.